The zero-order chi connectivity index (χ0) is 15.2. The lowest BCUT2D eigenvalue weighted by molar-refractivity contribution is 0.0942. The van der Waals surface area contributed by atoms with Crippen LogP contribution in [0.2, 0.25) is 5.02 Å². The van der Waals surface area contributed by atoms with Gasteiger partial charge in [0.2, 0.25) is 0 Å². The number of benzene rings is 1. The van der Waals surface area contributed by atoms with Crippen molar-refractivity contribution in [1.29, 1.82) is 0 Å². The lowest BCUT2D eigenvalue weighted by Gasteiger charge is -2.30. The van der Waals surface area contributed by atoms with E-state index in [0.717, 1.165) is 18.7 Å². The second-order valence-corrected chi connectivity index (χ2v) is 6.94. The lowest BCUT2D eigenvalue weighted by Crippen LogP contribution is -2.37. The van der Waals surface area contributed by atoms with Gasteiger partial charge in [0.1, 0.15) is 0 Å². The molecule has 1 fully saturated rings. The number of nitrogens with zero attached hydrogens (tertiary/aromatic N) is 1. The fraction of sp³-hybridized carbons (Fsp3) is 0.611. The molecule has 1 aliphatic rings. The zero-order valence-electron chi connectivity index (χ0n) is 13.1. The first kappa shape index (κ1) is 16.5. The van der Waals surface area contributed by atoms with Crippen LogP contribution in [0, 0.1) is 5.92 Å². The van der Waals surface area contributed by atoms with E-state index in [0.29, 0.717) is 23.4 Å². The summed E-state index contributed by atoms with van der Waals surface area (Å²) in [5.74, 6) is 0.870. The summed E-state index contributed by atoms with van der Waals surface area (Å²) in [6.07, 6.45) is 5.86. The molecule has 0 atom stereocenters. The van der Waals surface area contributed by atoms with Crippen molar-refractivity contribution in [1.82, 2.24) is 4.90 Å². The van der Waals surface area contributed by atoms with Crippen LogP contribution in [0.5, 0.6) is 0 Å². The SMILES string of the molecule is CC(C)CN(CCC(=O)c1ccc(Cl)cc1)C1CCCC1. The highest BCUT2D eigenvalue weighted by Gasteiger charge is 2.23. The van der Waals surface area contributed by atoms with Crippen molar-refractivity contribution < 1.29 is 4.79 Å². The molecule has 0 unspecified atom stereocenters. The highest BCUT2D eigenvalue weighted by molar-refractivity contribution is 6.30. The summed E-state index contributed by atoms with van der Waals surface area (Å²) in [7, 11) is 0. The summed E-state index contributed by atoms with van der Waals surface area (Å²) in [6, 6.07) is 7.92. The van der Waals surface area contributed by atoms with Gasteiger partial charge >= 0.3 is 0 Å². The molecule has 1 aliphatic carbocycles. The Morgan fingerprint density at radius 3 is 2.43 bits per heavy atom. The van der Waals surface area contributed by atoms with Crippen LogP contribution in [-0.4, -0.2) is 29.8 Å². The van der Waals surface area contributed by atoms with Crippen molar-refractivity contribution >= 4 is 17.4 Å². The molecule has 2 rings (SSSR count). The Bertz CT molecular complexity index is 449. The first-order chi connectivity index (χ1) is 10.1. The number of ketones is 1. The van der Waals surface area contributed by atoms with Crippen LogP contribution in [0.15, 0.2) is 24.3 Å². The lowest BCUT2D eigenvalue weighted by atomic mass is 10.1. The predicted molar refractivity (Wildman–Crippen MR) is 89.1 cm³/mol. The average Bonchev–Trinajstić information content (AvgIpc) is 2.97. The number of Topliss-reactive ketones (excluding diaryl/α,β-unsaturated/α-hetero) is 1. The van der Waals surface area contributed by atoms with Crippen molar-refractivity contribution in [3.8, 4) is 0 Å². The average molecular weight is 308 g/mol. The molecule has 0 spiro atoms. The molecular weight excluding hydrogens is 282 g/mol. The normalized spacial score (nSPS) is 16.0. The first-order valence-electron chi connectivity index (χ1n) is 8.09. The van der Waals surface area contributed by atoms with Crippen molar-refractivity contribution in [2.45, 2.75) is 52.0 Å². The van der Waals surface area contributed by atoms with Gasteiger partial charge < -0.3 is 0 Å². The number of halogens is 1. The summed E-state index contributed by atoms with van der Waals surface area (Å²) >= 11 is 5.87. The van der Waals surface area contributed by atoms with E-state index in [-0.39, 0.29) is 5.78 Å². The van der Waals surface area contributed by atoms with E-state index in [1.54, 1.807) is 12.1 Å². The maximum atomic E-state index is 12.3. The fourth-order valence-corrected chi connectivity index (χ4v) is 3.31. The molecule has 1 saturated carbocycles. The third kappa shape index (κ3) is 5.12. The Kier molecular flexibility index (Phi) is 6.25. The van der Waals surface area contributed by atoms with Gasteiger partial charge in [-0.15, -0.1) is 0 Å². The van der Waals surface area contributed by atoms with E-state index in [9.17, 15) is 4.79 Å². The van der Waals surface area contributed by atoms with Crippen molar-refractivity contribution in [2.24, 2.45) is 5.92 Å². The minimum atomic E-state index is 0.221. The van der Waals surface area contributed by atoms with Crippen LogP contribution in [0.3, 0.4) is 0 Å². The largest absolute Gasteiger partial charge is 0.300 e. The summed E-state index contributed by atoms with van der Waals surface area (Å²) in [6.45, 7) is 6.48. The third-order valence-corrected chi connectivity index (χ3v) is 4.49. The molecule has 0 aromatic heterocycles. The monoisotopic (exact) mass is 307 g/mol. The molecule has 0 aliphatic heterocycles. The minimum Gasteiger partial charge on any atom is -0.300 e. The Morgan fingerprint density at radius 2 is 1.86 bits per heavy atom. The van der Waals surface area contributed by atoms with E-state index in [4.69, 9.17) is 11.6 Å². The zero-order valence-corrected chi connectivity index (χ0v) is 13.9. The van der Waals surface area contributed by atoms with Crippen molar-refractivity contribution in [3.63, 3.8) is 0 Å². The van der Waals surface area contributed by atoms with Crippen LogP contribution >= 0.6 is 11.6 Å². The Balaban J connectivity index is 1.90. The number of carbonyl (C=O) groups is 1. The number of rotatable bonds is 7. The smallest absolute Gasteiger partial charge is 0.164 e. The maximum Gasteiger partial charge on any atom is 0.164 e. The first-order valence-corrected chi connectivity index (χ1v) is 8.47. The Morgan fingerprint density at radius 1 is 1.24 bits per heavy atom. The summed E-state index contributed by atoms with van der Waals surface area (Å²) in [5, 5.41) is 0.680. The van der Waals surface area contributed by atoms with E-state index in [1.807, 2.05) is 12.1 Å². The number of hydrogen-bond donors (Lipinski definition) is 0. The molecule has 0 bridgehead atoms. The highest BCUT2D eigenvalue weighted by Crippen LogP contribution is 2.24. The minimum absolute atomic E-state index is 0.221. The third-order valence-electron chi connectivity index (χ3n) is 4.23. The fourth-order valence-electron chi connectivity index (χ4n) is 3.19. The quantitative estimate of drug-likeness (QED) is 0.674. The van der Waals surface area contributed by atoms with Gasteiger partial charge in [-0.25, -0.2) is 0 Å². The molecule has 1 aromatic carbocycles. The molecule has 116 valence electrons. The summed E-state index contributed by atoms with van der Waals surface area (Å²) < 4.78 is 0. The molecular formula is C18H26ClNO. The van der Waals surface area contributed by atoms with Gasteiger partial charge in [0.25, 0.3) is 0 Å². The molecule has 2 nitrogen and oxygen atoms in total. The van der Waals surface area contributed by atoms with E-state index in [1.165, 1.54) is 25.7 Å². The Hall–Kier alpha value is -0.860. The van der Waals surface area contributed by atoms with Gasteiger partial charge in [0, 0.05) is 36.1 Å². The van der Waals surface area contributed by atoms with Gasteiger partial charge in [-0.05, 0) is 43.0 Å². The van der Waals surface area contributed by atoms with Crippen LogP contribution < -0.4 is 0 Å². The van der Waals surface area contributed by atoms with Gasteiger partial charge in [-0.2, -0.15) is 0 Å². The Labute approximate surface area is 133 Å². The molecule has 0 heterocycles. The van der Waals surface area contributed by atoms with Crippen LogP contribution in [0.1, 0.15) is 56.3 Å². The molecule has 0 saturated heterocycles. The number of hydrogen-bond acceptors (Lipinski definition) is 2. The molecule has 0 radical (unpaired) electrons. The van der Waals surface area contributed by atoms with Crippen LogP contribution in [0.4, 0.5) is 0 Å². The van der Waals surface area contributed by atoms with Crippen molar-refractivity contribution in [3.05, 3.63) is 34.9 Å². The molecule has 21 heavy (non-hydrogen) atoms. The maximum absolute atomic E-state index is 12.3. The van der Waals surface area contributed by atoms with Gasteiger partial charge in [-0.1, -0.05) is 38.3 Å². The molecule has 3 heteroatoms. The predicted octanol–water partition coefficient (Wildman–Crippen LogP) is 4.81. The van der Waals surface area contributed by atoms with Gasteiger partial charge in [-0.3, -0.25) is 9.69 Å². The summed E-state index contributed by atoms with van der Waals surface area (Å²) in [4.78, 5) is 14.8. The van der Waals surface area contributed by atoms with E-state index >= 15 is 0 Å². The molecule has 0 amide bonds. The van der Waals surface area contributed by atoms with Crippen molar-refractivity contribution in [2.75, 3.05) is 13.1 Å². The second-order valence-electron chi connectivity index (χ2n) is 6.51. The number of carbonyl (C=O) groups excluding carboxylic acids is 1. The topological polar surface area (TPSA) is 20.3 Å². The van der Waals surface area contributed by atoms with Gasteiger partial charge in [0.05, 0.1) is 0 Å². The standard InChI is InChI=1S/C18H26ClNO/c1-14(2)13-20(17-5-3-4-6-17)12-11-18(21)15-7-9-16(19)10-8-15/h7-10,14,17H,3-6,11-13H2,1-2H3. The summed E-state index contributed by atoms with van der Waals surface area (Å²) in [5.41, 5.74) is 0.773. The van der Waals surface area contributed by atoms with Crippen LogP contribution in [-0.2, 0) is 0 Å². The van der Waals surface area contributed by atoms with E-state index < -0.39 is 0 Å². The van der Waals surface area contributed by atoms with Crippen LogP contribution in [0.25, 0.3) is 0 Å². The highest BCUT2D eigenvalue weighted by atomic mass is 35.5. The molecule has 1 aromatic rings. The molecule has 0 N–H and O–H groups in total. The second kappa shape index (κ2) is 7.95. The van der Waals surface area contributed by atoms with E-state index in [2.05, 4.69) is 18.7 Å². The van der Waals surface area contributed by atoms with Gasteiger partial charge in [0.15, 0.2) is 5.78 Å².